The second-order valence-corrected chi connectivity index (χ2v) is 4.95. The van der Waals surface area contributed by atoms with Crippen molar-refractivity contribution in [2.45, 2.75) is 19.4 Å². The molecule has 0 aliphatic rings. The number of imidazole rings is 1. The number of nitrogens with zero attached hydrogens (tertiary/aromatic N) is 2. The molecule has 1 aromatic carbocycles. The normalized spacial score (nSPS) is 11.1. The number of hydrogen-bond donors (Lipinski definition) is 1. The third-order valence-corrected chi connectivity index (χ3v) is 3.52. The molecule has 0 amide bonds. The van der Waals surface area contributed by atoms with Gasteiger partial charge in [-0.2, -0.15) is 0 Å². The van der Waals surface area contributed by atoms with E-state index < -0.39 is 0 Å². The van der Waals surface area contributed by atoms with Crippen LogP contribution >= 0.6 is 0 Å². The van der Waals surface area contributed by atoms with Crippen LogP contribution in [0.15, 0.2) is 54.7 Å². The fraction of sp³-hybridized carbons (Fsp3) is 0.235. The zero-order valence-electron chi connectivity index (χ0n) is 11.7. The molecule has 20 heavy (non-hydrogen) atoms. The summed E-state index contributed by atoms with van der Waals surface area (Å²) in [5, 5.41) is 3.19. The van der Waals surface area contributed by atoms with Gasteiger partial charge >= 0.3 is 0 Å². The van der Waals surface area contributed by atoms with E-state index in [1.54, 1.807) is 0 Å². The van der Waals surface area contributed by atoms with Crippen LogP contribution in [0.25, 0.3) is 5.52 Å². The highest BCUT2D eigenvalue weighted by Crippen LogP contribution is 2.15. The minimum atomic E-state index is 0.804. The lowest BCUT2D eigenvalue weighted by Crippen LogP contribution is -2.05. The second kappa shape index (κ2) is 5.88. The van der Waals surface area contributed by atoms with E-state index in [2.05, 4.69) is 64.4 Å². The van der Waals surface area contributed by atoms with Gasteiger partial charge in [-0.25, -0.2) is 4.98 Å². The predicted octanol–water partition coefficient (Wildman–Crippen LogP) is 2.84. The van der Waals surface area contributed by atoms with E-state index in [-0.39, 0.29) is 0 Å². The number of nitrogens with one attached hydrogen (secondary N) is 1. The number of fused-ring (bicyclic) bond motifs is 1. The molecular formula is C17H19N3. The van der Waals surface area contributed by atoms with Gasteiger partial charge in [0.25, 0.3) is 0 Å². The average Bonchev–Trinajstić information content (AvgIpc) is 2.85. The van der Waals surface area contributed by atoms with Gasteiger partial charge in [0.05, 0.1) is 11.2 Å². The van der Waals surface area contributed by atoms with Crippen LogP contribution in [0.4, 0.5) is 0 Å². The topological polar surface area (TPSA) is 29.3 Å². The Labute approximate surface area is 119 Å². The zero-order valence-corrected chi connectivity index (χ0v) is 11.7. The van der Waals surface area contributed by atoms with Crippen molar-refractivity contribution in [2.75, 3.05) is 7.05 Å². The summed E-state index contributed by atoms with van der Waals surface area (Å²) in [5.41, 5.74) is 3.68. The summed E-state index contributed by atoms with van der Waals surface area (Å²) in [7, 11) is 1.96. The highest BCUT2D eigenvalue weighted by atomic mass is 15.0. The highest BCUT2D eigenvalue weighted by molar-refractivity contribution is 5.53. The first-order valence-corrected chi connectivity index (χ1v) is 7.02. The van der Waals surface area contributed by atoms with Gasteiger partial charge in [0.15, 0.2) is 0 Å². The monoisotopic (exact) mass is 265 g/mol. The molecule has 0 saturated carbocycles. The maximum Gasteiger partial charge on any atom is 0.113 e. The minimum absolute atomic E-state index is 0.804. The van der Waals surface area contributed by atoms with Crippen LogP contribution in [-0.2, 0) is 19.4 Å². The quantitative estimate of drug-likeness (QED) is 0.768. The fourth-order valence-electron chi connectivity index (χ4n) is 2.55. The van der Waals surface area contributed by atoms with Gasteiger partial charge in [-0.05, 0) is 31.2 Å². The Hall–Kier alpha value is -2.13. The fourth-order valence-corrected chi connectivity index (χ4v) is 2.55. The molecule has 3 aromatic rings. The van der Waals surface area contributed by atoms with Gasteiger partial charge in [-0.15, -0.1) is 0 Å². The van der Waals surface area contributed by atoms with Crippen molar-refractivity contribution in [3.63, 3.8) is 0 Å². The van der Waals surface area contributed by atoms with E-state index in [4.69, 9.17) is 4.98 Å². The molecule has 0 spiro atoms. The Morgan fingerprint density at radius 3 is 2.60 bits per heavy atom. The van der Waals surface area contributed by atoms with Crippen molar-refractivity contribution in [1.29, 1.82) is 0 Å². The highest BCUT2D eigenvalue weighted by Gasteiger charge is 2.09. The van der Waals surface area contributed by atoms with Crippen LogP contribution in [-0.4, -0.2) is 16.4 Å². The Morgan fingerprint density at radius 1 is 1.00 bits per heavy atom. The molecule has 2 aromatic heterocycles. The molecule has 2 heterocycles. The molecule has 102 valence electrons. The molecule has 3 nitrogen and oxygen atoms in total. The second-order valence-electron chi connectivity index (χ2n) is 4.95. The molecule has 3 heteroatoms. The van der Waals surface area contributed by atoms with Gasteiger partial charge in [0.1, 0.15) is 5.82 Å². The summed E-state index contributed by atoms with van der Waals surface area (Å²) in [4.78, 5) is 4.79. The first-order chi connectivity index (χ1) is 9.88. The minimum Gasteiger partial charge on any atom is -0.314 e. The maximum absolute atomic E-state index is 4.79. The molecule has 0 unspecified atom stereocenters. The third kappa shape index (κ3) is 2.58. The lowest BCUT2D eigenvalue weighted by molar-refractivity contribution is 0.789. The number of aryl methyl sites for hydroxylation is 2. The SMILES string of the molecule is CNCc1nc(CCc2ccccc2)n2ccccc12. The number of aromatic nitrogens is 2. The summed E-state index contributed by atoms with van der Waals surface area (Å²) in [6.45, 7) is 0.804. The van der Waals surface area contributed by atoms with Crippen LogP contribution in [0.1, 0.15) is 17.1 Å². The summed E-state index contributed by atoms with van der Waals surface area (Å²) in [6.07, 6.45) is 4.08. The maximum atomic E-state index is 4.79. The number of hydrogen-bond acceptors (Lipinski definition) is 2. The number of pyridine rings is 1. The first kappa shape index (κ1) is 12.9. The molecule has 0 aliphatic carbocycles. The summed E-state index contributed by atoms with van der Waals surface area (Å²) in [6, 6.07) is 16.8. The Morgan fingerprint density at radius 2 is 1.80 bits per heavy atom. The van der Waals surface area contributed by atoms with Crippen LogP contribution in [0.2, 0.25) is 0 Å². The Balaban J connectivity index is 1.87. The average molecular weight is 265 g/mol. The van der Waals surface area contributed by atoms with Gasteiger partial charge < -0.3 is 9.72 Å². The third-order valence-electron chi connectivity index (χ3n) is 3.52. The van der Waals surface area contributed by atoms with Crippen LogP contribution in [0, 0.1) is 0 Å². The van der Waals surface area contributed by atoms with Gasteiger partial charge in [-0.3, -0.25) is 0 Å². The molecular weight excluding hydrogens is 246 g/mol. The molecule has 1 N–H and O–H groups in total. The molecule has 0 radical (unpaired) electrons. The number of rotatable bonds is 5. The summed E-state index contributed by atoms with van der Waals surface area (Å²) in [5.74, 6) is 1.13. The standard InChI is InChI=1S/C17H19N3/c1-18-13-15-16-9-5-6-12-20(16)17(19-15)11-10-14-7-3-2-4-8-14/h2-9,12,18H,10-11,13H2,1H3. The molecule has 0 bridgehead atoms. The van der Waals surface area contributed by atoms with E-state index in [0.29, 0.717) is 0 Å². The largest absolute Gasteiger partial charge is 0.314 e. The van der Waals surface area contributed by atoms with E-state index in [1.807, 2.05) is 7.05 Å². The van der Waals surface area contributed by atoms with Gasteiger partial charge in [0, 0.05) is 19.2 Å². The van der Waals surface area contributed by atoms with Crippen molar-refractivity contribution in [3.8, 4) is 0 Å². The van der Waals surface area contributed by atoms with Crippen molar-refractivity contribution in [3.05, 3.63) is 71.8 Å². The smallest absolute Gasteiger partial charge is 0.113 e. The molecule has 0 saturated heterocycles. The van der Waals surface area contributed by atoms with Gasteiger partial charge in [0.2, 0.25) is 0 Å². The summed E-state index contributed by atoms with van der Waals surface area (Å²) >= 11 is 0. The van der Waals surface area contributed by atoms with Crippen LogP contribution < -0.4 is 5.32 Å². The zero-order chi connectivity index (χ0) is 13.8. The Kier molecular flexibility index (Phi) is 3.79. The van der Waals surface area contributed by atoms with Crippen LogP contribution in [0.5, 0.6) is 0 Å². The molecule has 0 fully saturated rings. The first-order valence-electron chi connectivity index (χ1n) is 7.02. The lowest BCUT2D eigenvalue weighted by atomic mass is 10.1. The predicted molar refractivity (Wildman–Crippen MR) is 81.8 cm³/mol. The van der Waals surface area contributed by atoms with Crippen molar-refractivity contribution in [2.24, 2.45) is 0 Å². The van der Waals surface area contributed by atoms with Gasteiger partial charge in [-0.1, -0.05) is 36.4 Å². The molecule has 3 rings (SSSR count). The van der Waals surface area contributed by atoms with E-state index >= 15 is 0 Å². The van der Waals surface area contributed by atoms with Crippen LogP contribution in [0.3, 0.4) is 0 Å². The van der Waals surface area contributed by atoms with Crippen molar-refractivity contribution in [1.82, 2.24) is 14.7 Å². The lowest BCUT2D eigenvalue weighted by Gasteiger charge is -2.01. The van der Waals surface area contributed by atoms with E-state index in [0.717, 1.165) is 30.9 Å². The van der Waals surface area contributed by atoms with E-state index in [9.17, 15) is 0 Å². The van der Waals surface area contributed by atoms with Crippen molar-refractivity contribution >= 4 is 5.52 Å². The Bertz CT molecular complexity index is 686. The molecule has 0 aliphatic heterocycles. The van der Waals surface area contributed by atoms with E-state index in [1.165, 1.54) is 11.1 Å². The molecule has 0 atom stereocenters. The van der Waals surface area contributed by atoms with Crippen molar-refractivity contribution < 1.29 is 0 Å². The number of benzene rings is 1. The summed E-state index contributed by atoms with van der Waals surface area (Å²) < 4.78 is 2.20.